The second-order valence-electron chi connectivity index (χ2n) is 8.03. The van der Waals surface area contributed by atoms with Gasteiger partial charge < -0.3 is 15.4 Å². The Morgan fingerprint density at radius 1 is 1.12 bits per heavy atom. The predicted molar refractivity (Wildman–Crippen MR) is 132 cm³/mol. The second-order valence-corrected chi connectivity index (χ2v) is 10.3. The van der Waals surface area contributed by atoms with Crippen LogP contribution in [-0.2, 0) is 15.5 Å². The average Bonchev–Trinajstić information content (AvgIpc) is 2.77. The highest BCUT2D eigenvalue weighted by atomic mass is 32.2. The van der Waals surface area contributed by atoms with Gasteiger partial charge >= 0.3 is 0 Å². The van der Waals surface area contributed by atoms with Crippen LogP contribution in [0, 0.1) is 16.4 Å². The van der Waals surface area contributed by atoms with Gasteiger partial charge in [-0.25, -0.2) is 23.0 Å². The largest absolute Gasteiger partial charge is 0.494 e. The first-order valence-electron chi connectivity index (χ1n) is 10.9. The molecule has 1 aromatic heterocycles. The maximum Gasteiger partial charge on any atom is 0.227 e. The Labute approximate surface area is 199 Å². The third-order valence-electron chi connectivity index (χ3n) is 4.93. The number of anilines is 3. The molecule has 7 nitrogen and oxygen atoms in total. The molecule has 0 amide bonds. The number of hydrogen-bond acceptors (Lipinski definition) is 7. The summed E-state index contributed by atoms with van der Waals surface area (Å²) in [5, 5.41) is 5.76. The van der Waals surface area contributed by atoms with Gasteiger partial charge in [0, 0.05) is 40.3 Å². The molecule has 1 heterocycles. The molecule has 0 saturated heterocycles. The van der Waals surface area contributed by atoms with E-state index in [1.54, 1.807) is 25.2 Å². The summed E-state index contributed by atoms with van der Waals surface area (Å²) in [6.45, 7) is 2.64. The average molecular weight is 490 g/mol. The summed E-state index contributed by atoms with van der Waals surface area (Å²) in [5.41, 5.74) is 1.85. The van der Waals surface area contributed by atoms with Crippen molar-refractivity contribution in [2.45, 2.75) is 31.9 Å². The Morgan fingerprint density at radius 2 is 1.91 bits per heavy atom. The van der Waals surface area contributed by atoms with Gasteiger partial charge in [0.25, 0.3) is 0 Å². The van der Waals surface area contributed by atoms with Crippen molar-refractivity contribution < 1.29 is 17.7 Å². The van der Waals surface area contributed by atoms with Gasteiger partial charge in [-0.05, 0) is 42.3 Å². The molecule has 3 aromatic rings. The maximum absolute atomic E-state index is 14.5. The molecule has 0 aliphatic carbocycles. The second kappa shape index (κ2) is 11.2. The lowest BCUT2D eigenvalue weighted by Crippen LogP contribution is -2.04. The summed E-state index contributed by atoms with van der Waals surface area (Å²) in [7, 11) is -1.20. The van der Waals surface area contributed by atoms with Crippen LogP contribution < -0.4 is 15.4 Å². The molecule has 0 bridgehead atoms. The quantitative estimate of drug-likeness (QED) is 0.288. The zero-order chi connectivity index (χ0) is 24.7. The van der Waals surface area contributed by atoms with Gasteiger partial charge in [0.15, 0.2) is 5.82 Å². The highest BCUT2D eigenvalue weighted by molar-refractivity contribution is 7.90. The summed E-state index contributed by atoms with van der Waals surface area (Å²) in [6.07, 6.45) is 5.45. The molecule has 1 unspecified atom stereocenters. The standard InChI is InChI=1S/C24H29F2N5O2S/c1-4-5-6-9-33-19-11-16(15-34(3,27)32)10-18(13-19)30-24-29-14-21(26)23(31-24)17-7-8-20(25)22(12-17)28-2/h7-8,10-14,27-28H,4-6,9,15H2,1-3H3,(H,29,30,31). The molecule has 2 aromatic carbocycles. The lowest BCUT2D eigenvalue weighted by atomic mass is 10.1. The molecular weight excluding hydrogens is 460 g/mol. The van der Waals surface area contributed by atoms with Gasteiger partial charge in [0.1, 0.15) is 17.3 Å². The molecule has 34 heavy (non-hydrogen) atoms. The van der Waals surface area contributed by atoms with Crippen LogP contribution in [0.2, 0.25) is 0 Å². The highest BCUT2D eigenvalue weighted by Crippen LogP contribution is 2.28. The van der Waals surface area contributed by atoms with Crippen molar-refractivity contribution in [1.29, 1.82) is 4.78 Å². The van der Waals surface area contributed by atoms with Gasteiger partial charge in [0.2, 0.25) is 5.95 Å². The first-order chi connectivity index (χ1) is 16.2. The van der Waals surface area contributed by atoms with Crippen molar-refractivity contribution in [2.75, 3.05) is 30.5 Å². The number of ether oxygens (including phenoxy) is 1. The Balaban J connectivity index is 1.91. The van der Waals surface area contributed by atoms with Crippen molar-refractivity contribution in [2.24, 2.45) is 0 Å². The Morgan fingerprint density at radius 3 is 2.62 bits per heavy atom. The molecule has 0 saturated carbocycles. The molecule has 10 heteroatoms. The summed E-state index contributed by atoms with van der Waals surface area (Å²) in [4.78, 5) is 8.30. The number of benzene rings is 2. The van der Waals surface area contributed by atoms with Crippen molar-refractivity contribution in [1.82, 2.24) is 9.97 Å². The van der Waals surface area contributed by atoms with Crippen molar-refractivity contribution in [3.63, 3.8) is 0 Å². The normalized spacial score (nSPS) is 12.7. The zero-order valence-electron chi connectivity index (χ0n) is 19.5. The van der Waals surface area contributed by atoms with Gasteiger partial charge in [-0.3, -0.25) is 4.78 Å². The fraction of sp³-hybridized carbons (Fsp3) is 0.333. The Hall–Kier alpha value is -3.27. The minimum atomic E-state index is -2.77. The van der Waals surface area contributed by atoms with E-state index >= 15 is 0 Å². The fourth-order valence-electron chi connectivity index (χ4n) is 3.38. The van der Waals surface area contributed by atoms with Crippen LogP contribution in [0.1, 0.15) is 31.7 Å². The minimum Gasteiger partial charge on any atom is -0.494 e. The molecular formula is C24H29F2N5O2S. The van der Waals surface area contributed by atoms with E-state index in [1.807, 2.05) is 0 Å². The number of rotatable bonds is 11. The van der Waals surface area contributed by atoms with E-state index in [9.17, 15) is 13.0 Å². The smallest absolute Gasteiger partial charge is 0.227 e. The Bertz CT molecular complexity index is 1250. The van der Waals surface area contributed by atoms with Gasteiger partial charge in [-0.1, -0.05) is 19.8 Å². The van der Waals surface area contributed by atoms with Crippen LogP contribution in [0.15, 0.2) is 42.6 Å². The summed E-state index contributed by atoms with van der Waals surface area (Å²) >= 11 is 0. The number of nitrogens with one attached hydrogen (secondary N) is 3. The summed E-state index contributed by atoms with van der Waals surface area (Å²) in [5.74, 6) is -0.341. The lowest BCUT2D eigenvalue weighted by Gasteiger charge is -2.13. The molecule has 0 fully saturated rings. The lowest BCUT2D eigenvalue weighted by molar-refractivity contribution is 0.306. The van der Waals surface area contributed by atoms with Gasteiger partial charge in [-0.2, -0.15) is 0 Å². The molecule has 3 N–H and O–H groups in total. The third-order valence-corrected chi connectivity index (χ3v) is 5.82. The topological polar surface area (TPSA) is 100.0 Å². The molecule has 1 atom stereocenters. The van der Waals surface area contributed by atoms with E-state index < -0.39 is 21.4 Å². The number of hydrogen-bond donors (Lipinski definition) is 3. The number of nitrogens with zero attached hydrogens (tertiary/aromatic N) is 2. The van der Waals surface area contributed by atoms with Crippen LogP contribution >= 0.6 is 0 Å². The van der Waals surface area contributed by atoms with E-state index in [2.05, 4.69) is 27.5 Å². The van der Waals surface area contributed by atoms with Gasteiger partial charge in [-0.15, -0.1) is 0 Å². The van der Waals surface area contributed by atoms with Crippen LogP contribution in [0.4, 0.5) is 26.1 Å². The highest BCUT2D eigenvalue weighted by Gasteiger charge is 2.13. The number of halogens is 2. The molecule has 182 valence electrons. The predicted octanol–water partition coefficient (Wildman–Crippen LogP) is 5.95. The zero-order valence-corrected chi connectivity index (χ0v) is 20.3. The van der Waals surface area contributed by atoms with Crippen molar-refractivity contribution in [3.05, 3.63) is 59.8 Å². The summed E-state index contributed by atoms with van der Waals surface area (Å²) < 4.78 is 54.0. The van der Waals surface area contributed by atoms with E-state index in [1.165, 1.54) is 24.5 Å². The first-order valence-corrected chi connectivity index (χ1v) is 13.1. The Kier molecular flexibility index (Phi) is 8.38. The fourth-order valence-corrected chi connectivity index (χ4v) is 4.19. The van der Waals surface area contributed by atoms with E-state index in [0.29, 0.717) is 29.2 Å². The van der Waals surface area contributed by atoms with Crippen molar-refractivity contribution >= 4 is 27.1 Å². The van der Waals surface area contributed by atoms with Crippen LogP contribution in [-0.4, -0.2) is 34.1 Å². The first kappa shape index (κ1) is 25.4. The molecule has 0 spiro atoms. The minimum absolute atomic E-state index is 0.0175. The van der Waals surface area contributed by atoms with E-state index in [-0.39, 0.29) is 23.1 Å². The summed E-state index contributed by atoms with van der Waals surface area (Å²) in [6, 6.07) is 9.41. The number of aromatic nitrogens is 2. The van der Waals surface area contributed by atoms with Crippen LogP contribution in [0.5, 0.6) is 5.75 Å². The van der Waals surface area contributed by atoms with Crippen molar-refractivity contribution in [3.8, 4) is 17.0 Å². The van der Waals surface area contributed by atoms with E-state index in [4.69, 9.17) is 9.52 Å². The third kappa shape index (κ3) is 7.11. The number of unbranched alkanes of at least 4 members (excludes halogenated alkanes) is 2. The SMILES string of the molecule is CCCCCOc1cc(CS(C)(=N)=O)cc(Nc2ncc(F)c(-c3ccc(F)c(NC)c3)n2)c1. The molecule has 0 radical (unpaired) electrons. The van der Waals surface area contributed by atoms with Gasteiger partial charge in [0.05, 0.1) is 24.2 Å². The van der Waals surface area contributed by atoms with Crippen LogP contribution in [0.3, 0.4) is 0 Å². The maximum atomic E-state index is 14.5. The van der Waals surface area contributed by atoms with E-state index in [0.717, 1.165) is 25.5 Å². The molecule has 3 rings (SSSR count). The molecule has 0 aliphatic rings. The van der Waals surface area contributed by atoms with Crippen LogP contribution in [0.25, 0.3) is 11.3 Å². The molecule has 0 aliphatic heterocycles. The monoisotopic (exact) mass is 489 g/mol.